The highest BCUT2D eigenvalue weighted by Gasteiger charge is 2.43. The third-order valence-electron chi connectivity index (χ3n) is 3.65. The van der Waals surface area contributed by atoms with Crippen LogP contribution in [-0.4, -0.2) is 5.78 Å². The molecule has 0 aromatic carbocycles. The lowest BCUT2D eigenvalue weighted by Gasteiger charge is -2.26. The summed E-state index contributed by atoms with van der Waals surface area (Å²) in [6.45, 7) is 4.23. The SMILES string of the molecule is C[C@@H]1CCC(=O)[C@@]1(C)Cc1ccco1. The molecule has 0 saturated heterocycles. The van der Waals surface area contributed by atoms with E-state index in [4.69, 9.17) is 4.42 Å². The second-order valence-electron chi connectivity index (χ2n) is 4.54. The van der Waals surface area contributed by atoms with Crippen molar-refractivity contribution in [3.8, 4) is 0 Å². The van der Waals surface area contributed by atoms with Crippen LogP contribution in [0.1, 0.15) is 32.4 Å². The molecular formula is C12H16O2. The van der Waals surface area contributed by atoms with Gasteiger partial charge in [-0.1, -0.05) is 13.8 Å². The topological polar surface area (TPSA) is 30.2 Å². The second-order valence-corrected chi connectivity index (χ2v) is 4.54. The monoisotopic (exact) mass is 192 g/mol. The summed E-state index contributed by atoms with van der Waals surface area (Å²) >= 11 is 0. The highest BCUT2D eigenvalue weighted by Crippen LogP contribution is 2.42. The summed E-state index contributed by atoms with van der Waals surface area (Å²) < 4.78 is 5.31. The predicted octanol–water partition coefficient (Wildman–Crippen LogP) is 2.83. The van der Waals surface area contributed by atoms with Crippen molar-refractivity contribution in [2.75, 3.05) is 0 Å². The summed E-state index contributed by atoms with van der Waals surface area (Å²) in [4.78, 5) is 11.8. The number of ketones is 1. The number of furan rings is 1. The van der Waals surface area contributed by atoms with Crippen LogP contribution in [0.4, 0.5) is 0 Å². The Morgan fingerprint density at radius 1 is 1.64 bits per heavy atom. The minimum Gasteiger partial charge on any atom is -0.469 e. The maximum atomic E-state index is 11.8. The van der Waals surface area contributed by atoms with E-state index in [9.17, 15) is 4.79 Å². The van der Waals surface area contributed by atoms with Gasteiger partial charge in [0.15, 0.2) is 0 Å². The number of hydrogen-bond acceptors (Lipinski definition) is 2. The zero-order chi connectivity index (χ0) is 10.2. The highest BCUT2D eigenvalue weighted by molar-refractivity contribution is 5.87. The third kappa shape index (κ3) is 1.39. The molecule has 0 radical (unpaired) electrons. The van der Waals surface area contributed by atoms with Crippen molar-refractivity contribution in [1.82, 2.24) is 0 Å². The molecular weight excluding hydrogens is 176 g/mol. The van der Waals surface area contributed by atoms with Crippen molar-refractivity contribution in [2.24, 2.45) is 11.3 Å². The maximum Gasteiger partial charge on any atom is 0.139 e. The van der Waals surface area contributed by atoms with Crippen LogP contribution in [0.2, 0.25) is 0 Å². The molecule has 2 nitrogen and oxygen atoms in total. The first-order chi connectivity index (χ1) is 6.63. The summed E-state index contributed by atoms with van der Waals surface area (Å²) in [5.41, 5.74) is -0.197. The van der Waals surface area contributed by atoms with Crippen LogP contribution >= 0.6 is 0 Å². The lowest BCUT2D eigenvalue weighted by Crippen LogP contribution is -2.29. The zero-order valence-corrected chi connectivity index (χ0v) is 8.75. The molecule has 1 heterocycles. The lowest BCUT2D eigenvalue weighted by molar-refractivity contribution is -0.126. The van der Waals surface area contributed by atoms with Gasteiger partial charge in [0.1, 0.15) is 11.5 Å². The van der Waals surface area contributed by atoms with Crippen molar-refractivity contribution >= 4 is 5.78 Å². The van der Waals surface area contributed by atoms with Crippen LogP contribution in [-0.2, 0) is 11.2 Å². The molecule has 0 unspecified atom stereocenters. The molecule has 0 spiro atoms. The Bertz CT molecular complexity index is 326. The van der Waals surface area contributed by atoms with Gasteiger partial charge in [0.2, 0.25) is 0 Å². The molecule has 1 aliphatic rings. The van der Waals surface area contributed by atoms with E-state index in [-0.39, 0.29) is 5.41 Å². The number of rotatable bonds is 2. The average Bonchev–Trinajstić information content (AvgIpc) is 2.72. The van der Waals surface area contributed by atoms with Gasteiger partial charge in [0.05, 0.1) is 6.26 Å². The second kappa shape index (κ2) is 3.26. The fourth-order valence-electron chi connectivity index (χ4n) is 2.27. The molecule has 14 heavy (non-hydrogen) atoms. The Hall–Kier alpha value is -1.05. The predicted molar refractivity (Wildman–Crippen MR) is 53.9 cm³/mol. The Morgan fingerprint density at radius 3 is 2.93 bits per heavy atom. The average molecular weight is 192 g/mol. The molecule has 1 fully saturated rings. The summed E-state index contributed by atoms with van der Waals surface area (Å²) in [6.07, 6.45) is 4.18. The lowest BCUT2D eigenvalue weighted by atomic mass is 9.76. The molecule has 2 rings (SSSR count). The van der Waals surface area contributed by atoms with E-state index in [1.807, 2.05) is 12.1 Å². The van der Waals surface area contributed by atoms with Gasteiger partial charge >= 0.3 is 0 Å². The van der Waals surface area contributed by atoms with Gasteiger partial charge < -0.3 is 4.42 Å². The Kier molecular flexibility index (Phi) is 2.22. The van der Waals surface area contributed by atoms with Crippen LogP contribution < -0.4 is 0 Å². The molecule has 0 aliphatic heterocycles. The maximum absolute atomic E-state index is 11.8. The zero-order valence-electron chi connectivity index (χ0n) is 8.75. The molecule has 1 aliphatic carbocycles. The molecule has 1 saturated carbocycles. The first-order valence-corrected chi connectivity index (χ1v) is 5.18. The molecule has 0 bridgehead atoms. The van der Waals surface area contributed by atoms with Gasteiger partial charge in [0.25, 0.3) is 0 Å². The van der Waals surface area contributed by atoms with E-state index in [0.717, 1.165) is 25.0 Å². The summed E-state index contributed by atoms with van der Waals surface area (Å²) in [7, 11) is 0. The first-order valence-electron chi connectivity index (χ1n) is 5.18. The standard InChI is InChI=1S/C12H16O2/c1-9-5-6-11(13)12(9,2)8-10-4-3-7-14-10/h3-4,7,9H,5-6,8H2,1-2H3/t9-,12+/m1/s1. The minimum absolute atomic E-state index is 0.197. The van der Waals surface area contributed by atoms with Gasteiger partial charge in [-0.25, -0.2) is 0 Å². The van der Waals surface area contributed by atoms with Crippen LogP contribution in [0.5, 0.6) is 0 Å². The number of hydrogen-bond donors (Lipinski definition) is 0. The number of Topliss-reactive ketones (excluding diaryl/α,β-unsaturated/α-hetero) is 1. The Balaban J connectivity index is 2.19. The van der Waals surface area contributed by atoms with Crippen molar-refractivity contribution in [3.05, 3.63) is 24.2 Å². The normalized spacial score (nSPS) is 32.4. The van der Waals surface area contributed by atoms with E-state index in [1.54, 1.807) is 6.26 Å². The van der Waals surface area contributed by atoms with Crippen molar-refractivity contribution < 1.29 is 9.21 Å². The van der Waals surface area contributed by atoms with E-state index < -0.39 is 0 Å². The molecule has 0 N–H and O–H groups in total. The van der Waals surface area contributed by atoms with Gasteiger partial charge in [-0.05, 0) is 24.5 Å². The summed E-state index contributed by atoms with van der Waals surface area (Å²) in [5.74, 6) is 1.79. The van der Waals surface area contributed by atoms with E-state index >= 15 is 0 Å². The first kappa shape index (κ1) is 9.50. The molecule has 1 aromatic rings. The van der Waals surface area contributed by atoms with Gasteiger partial charge in [-0.3, -0.25) is 4.79 Å². The smallest absolute Gasteiger partial charge is 0.139 e. The van der Waals surface area contributed by atoms with Crippen molar-refractivity contribution in [2.45, 2.75) is 33.1 Å². The van der Waals surface area contributed by atoms with Gasteiger partial charge in [-0.2, -0.15) is 0 Å². The molecule has 76 valence electrons. The Labute approximate surface area is 84.3 Å². The molecule has 0 amide bonds. The van der Waals surface area contributed by atoms with Crippen LogP contribution in [0.3, 0.4) is 0 Å². The Morgan fingerprint density at radius 2 is 2.43 bits per heavy atom. The highest BCUT2D eigenvalue weighted by atomic mass is 16.3. The molecule has 2 atom stereocenters. The fraction of sp³-hybridized carbons (Fsp3) is 0.583. The van der Waals surface area contributed by atoms with Crippen molar-refractivity contribution in [3.63, 3.8) is 0 Å². The minimum atomic E-state index is -0.197. The third-order valence-corrected chi connectivity index (χ3v) is 3.65. The van der Waals surface area contributed by atoms with Crippen LogP contribution in [0, 0.1) is 11.3 Å². The van der Waals surface area contributed by atoms with Gasteiger partial charge in [0, 0.05) is 18.3 Å². The quantitative estimate of drug-likeness (QED) is 0.721. The van der Waals surface area contributed by atoms with E-state index in [2.05, 4.69) is 13.8 Å². The van der Waals surface area contributed by atoms with Crippen molar-refractivity contribution in [1.29, 1.82) is 0 Å². The van der Waals surface area contributed by atoms with Crippen LogP contribution in [0.15, 0.2) is 22.8 Å². The van der Waals surface area contributed by atoms with Gasteiger partial charge in [-0.15, -0.1) is 0 Å². The fourth-order valence-corrected chi connectivity index (χ4v) is 2.27. The van der Waals surface area contributed by atoms with Crippen LogP contribution in [0.25, 0.3) is 0 Å². The number of carbonyl (C=O) groups excluding carboxylic acids is 1. The molecule has 1 aromatic heterocycles. The summed E-state index contributed by atoms with van der Waals surface area (Å²) in [6, 6.07) is 3.83. The largest absolute Gasteiger partial charge is 0.469 e. The number of carbonyl (C=O) groups is 1. The summed E-state index contributed by atoms with van der Waals surface area (Å²) in [5, 5.41) is 0. The molecule has 2 heteroatoms. The van der Waals surface area contributed by atoms with E-state index in [1.165, 1.54) is 0 Å². The van der Waals surface area contributed by atoms with E-state index in [0.29, 0.717) is 11.7 Å².